The summed E-state index contributed by atoms with van der Waals surface area (Å²) < 4.78 is 7.61. The molecule has 6 aromatic rings. The lowest BCUT2D eigenvalue weighted by Crippen LogP contribution is -2.43. The number of halogens is 1. The van der Waals surface area contributed by atoms with Crippen LogP contribution in [0.3, 0.4) is 0 Å². The van der Waals surface area contributed by atoms with Crippen LogP contribution in [0.25, 0.3) is 11.1 Å². The number of rotatable bonds is 10. The first-order valence-corrected chi connectivity index (χ1v) is 16.1. The molecule has 5 aromatic carbocycles. The van der Waals surface area contributed by atoms with E-state index >= 15 is 0 Å². The van der Waals surface area contributed by atoms with Crippen LogP contribution in [0.2, 0.25) is 5.02 Å². The Hall–Kier alpha value is -5.66. The molecule has 0 saturated carbocycles. The predicted octanol–water partition coefficient (Wildman–Crippen LogP) is 7.91. The van der Waals surface area contributed by atoms with E-state index < -0.39 is 23.6 Å². The van der Waals surface area contributed by atoms with E-state index in [9.17, 15) is 14.7 Å². The van der Waals surface area contributed by atoms with Gasteiger partial charge in [-0.2, -0.15) is 0 Å². The molecule has 8 heteroatoms. The standard InChI is InChI=1S/C40H32ClN3O4/c41-36-22-12-11-21-35(36)40(27-13-3-1-4-14-27,28-15-5-2-6-16-28)44-24-29(42-26-44)23-37(38(45)46)43-39(47)48-25-34-32-19-9-7-17-30(32)31-18-8-10-20-33(31)34/h1-22,24,26,34,37H,23,25H2,(H,43,47)(H,45,46)/t37-/m1/s1. The second kappa shape index (κ2) is 13.2. The van der Waals surface area contributed by atoms with E-state index in [0.717, 1.165) is 38.9 Å². The lowest BCUT2D eigenvalue weighted by molar-refractivity contribution is -0.139. The van der Waals surface area contributed by atoms with Gasteiger partial charge in [0.15, 0.2) is 0 Å². The van der Waals surface area contributed by atoms with Crippen molar-refractivity contribution in [2.24, 2.45) is 0 Å². The Balaban J connectivity index is 1.16. The molecule has 0 saturated heterocycles. The van der Waals surface area contributed by atoms with Gasteiger partial charge in [0.1, 0.15) is 18.2 Å². The number of carbonyl (C=O) groups excluding carboxylic acids is 1. The van der Waals surface area contributed by atoms with Crippen LogP contribution in [0.15, 0.2) is 146 Å². The van der Waals surface area contributed by atoms with Gasteiger partial charge in [-0.25, -0.2) is 14.6 Å². The van der Waals surface area contributed by atoms with Crippen LogP contribution in [-0.2, 0) is 21.5 Å². The highest BCUT2D eigenvalue weighted by Gasteiger charge is 2.40. The van der Waals surface area contributed by atoms with Crippen LogP contribution >= 0.6 is 11.6 Å². The summed E-state index contributed by atoms with van der Waals surface area (Å²) in [6.45, 7) is 0.0787. The first-order valence-electron chi connectivity index (χ1n) is 15.7. The van der Waals surface area contributed by atoms with Crippen LogP contribution in [0.5, 0.6) is 0 Å². The van der Waals surface area contributed by atoms with Gasteiger partial charge in [0.25, 0.3) is 0 Å². The predicted molar refractivity (Wildman–Crippen MR) is 185 cm³/mol. The Kier molecular flexibility index (Phi) is 8.53. The number of nitrogens with zero attached hydrogens (tertiary/aromatic N) is 2. The van der Waals surface area contributed by atoms with Gasteiger partial charge in [-0.05, 0) is 39.4 Å². The first kappa shape index (κ1) is 31.0. The van der Waals surface area contributed by atoms with Crippen molar-refractivity contribution in [1.29, 1.82) is 0 Å². The van der Waals surface area contributed by atoms with Crippen LogP contribution in [0.1, 0.15) is 39.4 Å². The minimum Gasteiger partial charge on any atom is -0.480 e. The third kappa shape index (κ3) is 5.63. The summed E-state index contributed by atoms with van der Waals surface area (Å²) in [4.78, 5) is 30.1. The number of alkyl carbamates (subject to hydrolysis) is 1. The zero-order valence-corrected chi connectivity index (χ0v) is 26.6. The third-order valence-electron chi connectivity index (χ3n) is 9.02. The molecule has 1 aliphatic carbocycles. The van der Waals surface area contributed by atoms with Crippen molar-refractivity contribution in [2.75, 3.05) is 6.61 Å². The fraction of sp³-hybridized carbons (Fsp3) is 0.125. The zero-order valence-electron chi connectivity index (χ0n) is 25.9. The highest BCUT2D eigenvalue weighted by molar-refractivity contribution is 6.31. The fourth-order valence-electron chi connectivity index (χ4n) is 6.87. The number of ether oxygens (including phenoxy) is 1. The number of aromatic nitrogens is 2. The zero-order chi connectivity index (χ0) is 33.1. The molecular weight excluding hydrogens is 622 g/mol. The number of hydrogen-bond donors (Lipinski definition) is 2. The minimum absolute atomic E-state index is 0.0608. The van der Waals surface area contributed by atoms with Gasteiger partial charge in [0, 0.05) is 29.1 Å². The van der Waals surface area contributed by atoms with E-state index in [1.165, 1.54) is 0 Å². The highest BCUT2D eigenvalue weighted by Crippen LogP contribution is 2.45. The molecule has 7 nitrogen and oxygen atoms in total. The van der Waals surface area contributed by atoms with E-state index in [1.54, 1.807) is 6.33 Å². The molecule has 0 spiro atoms. The quantitative estimate of drug-likeness (QED) is 0.147. The van der Waals surface area contributed by atoms with Crippen molar-refractivity contribution in [3.05, 3.63) is 185 Å². The number of amides is 1. The summed E-state index contributed by atoms with van der Waals surface area (Å²) in [6, 6.07) is 42.4. The maximum Gasteiger partial charge on any atom is 0.407 e. The fourth-order valence-corrected chi connectivity index (χ4v) is 7.14. The molecule has 1 aliphatic rings. The number of carboxylic acid groups (broad SMARTS) is 1. The van der Waals surface area contributed by atoms with Crippen LogP contribution in [0, 0.1) is 0 Å². The molecule has 1 amide bonds. The Morgan fingerprint density at radius 1 is 0.792 bits per heavy atom. The van der Waals surface area contributed by atoms with Crippen LogP contribution < -0.4 is 5.32 Å². The van der Waals surface area contributed by atoms with Gasteiger partial charge in [-0.15, -0.1) is 0 Å². The summed E-state index contributed by atoms with van der Waals surface area (Å²) in [5.74, 6) is -1.34. The topological polar surface area (TPSA) is 93.5 Å². The van der Waals surface area contributed by atoms with Crippen LogP contribution in [-0.4, -0.2) is 39.4 Å². The molecule has 1 atom stereocenters. The van der Waals surface area contributed by atoms with Gasteiger partial charge in [0.2, 0.25) is 0 Å². The number of nitrogens with one attached hydrogen (secondary N) is 1. The van der Waals surface area contributed by atoms with Crippen molar-refractivity contribution < 1.29 is 19.4 Å². The number of carboxylic acids is 1. The van der Waals surface area contributed by atoms with Gasteiger partial charge in [-0.3, -0.25) is 0 Å². The SMILES string of the molecule is O=C(N[C@H](Cc1cn(C(c2ccccc2)(c2ccccc2)c2ccccc2Cl)cn1)C(=O)O)OCC1c2ccccc2-c2ccccc21. The van der Waals surface area contributed by atoms with E-state index in [0.29, 0.717) is 10.7 Å². The smallest absolute Gasteiger partial charge is 0.407 e. The molecule has 0 radical (unpaired) electrons. The lowest BCUT2D eigenvalue weighted by atomic mass is 9.76. The molecule has 0 fully saturated rings. The van der Waals surface area contributed by atoms with Crippen molar-refractivity contribution in [2.45, 2.75) is 23.9 Å². The van der Waals surface area contributed by atoms with Crippen molar-refractivity contribution >= 4 is 23.7 Å². The summed E-state index contributed by atoms with van der Waals surface area (Å²) in [5, 5.41) is 13.3. The van der Waals surface area contributed by atoms with Gasteiger partial charge in [0.05, 0.1) is 12.0 Å². The summed E-state index contributed by atoms with van der Waals surface area (Å²) in [5.41, 5.74) is 6.64. The Labute approximate surface area is 283 Å². The molecular formula is C40H32ClN3O4. The number of aliphatic carboxylic acids is 1. The molecule has 0 bridgehead atoms. The largest absolute Gasteiger partial charge is 0.480 e. The lowest BCUT2D eigenvalue weighted by Gasteiger charge is -2.37. The molecule has 238 valence electrons. The van der Waals surface area contributed by atoms with E-state index in [1.807, 2.05) is 132 Å². The maximum absolute atomic E-state index is 13.0. The summed E-state index contributed by atoms with van der Waals surface area (Å²) >= 11 is 6.91. The first-order chi connectivity index (χ1) is 23.5. The van der Waals surface area contributed by atoms with Crippen molar-refractivity contribution in [3.63, 3.8) is 0 Å². The summed E-state index contributed by atoms with van der Waals surface area (Å²) in [7, 11) is 0. The van der Waals surface area contributed by atoms with Crippen molar-refractivity contribution in [1.82, 2.24) is 14.9 Å². The number of imidazole rings is 1. The molecule has 0 unspecified atom stereocenters. The van der Waals surface area contributed by atoms with Crippen LogP contribution in [0.4, 0.5) is 4.79 Å². The van der Waals surface area contributed by atoms with Gasteiger partial charge in [-0.1, -0.05) is 139 Å². The number of carbonyl (C=O) groups is 2. The number of hydrogen-bond acceptors (Lipinski definition) is 4. The molecule has 1 aromatic heterocycles. The van der Waals surface area contributed by atoms with E-state index in [-0.39, 0.29) is 18.9 Å². The monoisotopic (exact) mass is 653 g/mol. The Morgan fingerprint density at radius 3 is 1.92 bits per heavy atom. The van der Waals surface area contributed by atoms with Crippen molar-refractivity contribution in [3.8, 4) is 11.1 Å². The molecule has 0 aliphatic heterocycles. The maximum atomic E-state index is 13.0. The molecule has 7 rings (SSSR count). The third-order valence-corrected chi connectivity index (χ3v) is 9.35. The Morgan fingerprint density at radius 2 is 1.33 bits per heavy atom. The second-order valence-electron chi connectivity index (χ2n) is 11.8. The number of fused-ring (bicyclic) bond motifs is 3. The molecule has 1 heterocycles. The normalized spacial score (nSPS) is 12.9. The van der Waals surface area contributed by atoms with E-state index in [4.69, 9.17) is 16.3 Å². The summed E-state index contributed by atoms with van der Waals surface area (Å²) in [6.07, 6.45) is 2.64. The average Bonchev–Trinajstić information content (AvgIpc) is 3.72. The van der Waals surface area contributed by atoms with Gasteiger partial charge >= 0.3 is 12.1 Å². The molecule has 2 N–H and O–H groups in total. The highest BCUT2D eigenvalue weighted by atomic mass is 35.5. The number of benzene rings is 5. The molecule has 48 heavy (non-hydrogen) atoms. The average molecular weight is 654 g/mol. The van der Waals surface area contributed by atoms with E-state index in [2.05, 4.69) is 22.4 Å². The minimum atomic E-state index is -1.27. The van der Waals surface area contributed by atoms with Gasteiger partial charge < -0.3 is 19.7 Å². The second-order valence-corrected chi connectivity index (χ2v) is 12.2. The Bertz CT molecular complexity index is 1990.